The van der Waals surface area contributed by atoms with Crippen LogP contribution in [-0.4, -0.2) is 17.0 Å². The lowest BCUT2D eigenvalue weighted by Crippen LogP contribution is -2.14. The molecule has 6 heteroatoms. The molecule has 0 radical (unpaired) electrons. The molecule has 0 aliphatic rings. The molecule has 2 N–H and O–H groups in total. The van der Waals surface area contributed by atoms with Crippen molar-refractivity contribution in [1.82, 2.24) is 0 Å². The number of anilines is 1. The molecule has 3 aromatic carbocycles. The molecule has 0 bridgehead atoms. The van der Waals surface area contributed by atoms with Crippen LogP contribution in [0.1, 0.15) is 27.0 Å². The maximum absolute atomic E-state index is 12.4. The summed E-state index contributed by atoms with van der Waals surface area (Å²) in [6.45, 7) is 2.10. The van der Waals surface area contributed by atoms with Crippen molar-refractivity contribution in [1.29, 1.82) is 5.26 Å². The highest BCUT2D eigenvalue weighted by molar-refractivity contribution is 6.09. The van der Waals surface area contributed by atoms with Gasteiger partial charge in [-0.25, -0.2) is 4.79 Å². The number of carboxylic acids is 1. The number of nitriles is 1. The Morgan fingerprint density at radius 2 is 1.81 bits per heavy atom. The van der Waals surface area contributed by atoms with Gasteiger partial charge in [-0.1, -0.05) is 42.5 Å². The number of ether oxygens (including phenoxy) is 1. The topological polar surface area (TPSA) is 99.4 Å². The molecule has 0 atom stereocenters. The third-order valence-electron chi connectivity index (χ3n) is 4.53. The fourth-order valence-corrected chi connectivity index (χ4v) is 2.84. The highest BCUT2D eigenvalue weighted by Gasteiger charge is 2.11. The summed E-state index contributed by atoms with van der Waals surface area (Å²) in [6.07, 6.45) is 1.51. The number of nitrogens with zero attached hydrogens (tertiary/aromatic N) is 1. The summed E-state index contributed by atoms with van der Waals surface area (Å²) in [6, 6.07) is 22.7. The molecule has 31 heavy (non-hydrogen) atoms. The number of rotatable bonds is 7. The standard InChI is InChI=1S/C25H20N2O4/c1-17-5-2-3-8-23(17)27-24(28)21(15-26)13-18-9-11-22(12-10-18)31-16-19-6-4-7-20(14-19)25(29)30/h2-14H,16H2,1H3,(H,27,28)(H,29,30)/b21-13-. The summed E-state index contributed by atoms with van der Waals surface area (Å²) in [4.78, 5) is 23.5. The number of carbonyl (C=O) groups excluding carboxylic acids is 1. The number of carboxylic acid groups (broad SMARTS) is 1. The van der Waals surface area contributed by atoms with E-state index >= 15 is 0 Å². The normalized spacial score (nSPS) is 10.8. The van der Waals surface area contributed by atoms with Crippen LogP contribution in [0.3, 0.4) is 0 Å². The number of aryl methyl sites for hydroxylation is 1. The molecule has 0 heterocycles. The van der Waals surface area contributed by atoms with Crippen molar-refractivity contribution >= 4 is 23.6 Å². The fourth-order valence-electron chi connectivity index (χ4n) is 2.84. The van der Waals surface area contributed by atoms with Gasteiger partial charge in [-0.15, -0.1) is 0 Å². The average Bonchev–Trinajstić information content (AvgIpc) is 2.78. The predicted molar refractivity (Wildman–Crippen MR) is 118 cm³/mol. The molecule has 0 saturated heterocycles. The van der Waals surface area contributed by atoms with Crippen LogP contribution in [0.2, 0.25) is 0 Å². The molecule has 0 fully saturated rings. The van der Waals surface area contributed by atoms with E-state index in [0.29, 0.717) is 17.0 Å². The zero-order chi connectivity index (χ0) is 22.2. The highest BCUT2D eigenvalue weighted by Crippen LogP contribution is 2.18. The van der Waals surface area contributed by atoms with E-state index in [1.165, 1.54) is 12.1 Å². The lowest BCUT2D eigenvalue weighted by atomic mass is 10.1. The molecule has 6 nitrogen and oxygen atoms in total. The maximum atomic E-state index is 12.4. The Balaban J connectivity index is 1.65. The smallest absolute Gasteiger partial charge is 0.335 e. The van der Waals surface area contributed by atoms with Crippen molar-refractivity contribution < 1.29 is 19.4 Å². The summed E-state index contributed by atoms with van der Waals surface area (Å²) in [5.41, 5.74) is 3.17. The third kappa shape index (κ3) is 5.81. The monoisotopic (exact) mass is 412 g/mol. The summed E-state index contributed by atoms with van der Waals surface area (Å²) in [7, 11) is 0. The van der Waals surface area contributed by atoms with E-state index in [-0.39, 0.29) is 17.7 Å². The van der Waals surface area contributed by atoms with Crippen molar-refractivity contribution in [3.05, 3.63) is 101 Å². The molecule has 3 rings (SSSR count). The molecule has 0 spiro atoms. The van der Waals surface area contributed by atoms with E-state index in [1.54, 1.807) is 48.5 Å². The number of aromatic carboxylic acids is 1. The molecule has 0 aliphatic heterocycles. The van der Waals surface area contributed by atoms with E-state index in [4.69, 9.17) is 9.84 Å². The molecule has 1 amide bonds. The second-order valence-corrected chi connectivity index (χ2v) is 6.80. The van der Waals surface area contributed by atoms with Crippen molar-refractivity contribution in [2.75, 3.05) is 5.32 Å². The summed E-state index contributed by atoms with van der Waals surface area (Å²) in [5, 5.41) is 21.2. The van der Waals surface area contributed by atoms with E-state index in [2.05, 4.69) is 5.32 Å². The summed E-state index contributed by atoms with van der Waals surface area (Å²) in [5.74, 6) is -0.881. The van der Waals surface area contributed by atoms with Crippen molar-refractivity contribution in [3.63, 3.8) is 0 Å². The van der Waals surface area contributed by atoms with Gasteiger partial charge in [0.25, 0.3) is 5.91 Å². The van der Waals surface area contributed by atoms with Gasteiger partial charge in [0, 0.05) is 5.69 Å². The van der Waals surface area contributed by atoms with Crippen LogP contribution in [-0.2, 0) is 11.4 Å². The minimum atomic E-state index is -0.988. The molecule has 154 valence electrons. The van der Waals surface area contributed by atoms with Gasteiger partial charge in [0.2, 0.25) is 0 Å². The van der Waals surface area contributed by atoms with Gasteiger partial charge < -0.3 is 15.2 Å². The van der Waals surface area contributed by atoms with Crippen molar-refractivity contribution in [2.24, 2.45) is 0 Å². The second-order valence-electron chi connectivity index (χ2n) is 6.80. The number of nitrogens with one attached hydrogen (secondary N) is 1. The van der Waals surface area contributed by atoms with Gasteiger partial charge in [0.05, 0.1) is 5.56 Å². The number of carbonyl (C=O) groups is 2. The van der Waals surface area contributed by atoms with E-state index in [0.717, 1.165) is 11.1 Å². The van der Waals surface area contributed by atoms with Crippen LogP contribution in [0.5, 0.6) is 5.75 Å². The largest absolute Gasteiger partial charge is 0.489 e. The molecular weight excluding hydrogens is 392 g/mol. The van der Waals surface area contributed by atoms with Crippen LogP contribution < -0.4 is 10.1 Å². The lowest BCUT2D eigenvalue weighted by molar-refractivity contribution is -0.112. The number of amides is 1. The van der Waals surface area contributed by atoms with Crippen LogP contribution in [0.25, 0.3) is 6.08 Å². The van der Waals surface area contributed by atoms with E-state index in [9.17, 15) is 14.9 Å². The molecular formula is C25H20N2O4. The Bertz CT molecular complexity index is 1170. The van der Waals surface area contributed by atoms with Crippen molar-refractivity contribution in [3.8, 4) is 11.8 Å². The SMILES string of the molecule is Cc1ccccc1NC(=O)/C(C#N)=C\c1ccc(OCc2cccc(C(=O)O)c2)cc1. The van der Waals surface area contributed by atoms with Crippen molar-refractivity contribution in [2.45, 2.75) is 13.5 Å². The van der Waals surface area contributed by atoms with E-state index in [1.807, 2.05) is 31.2 Å². The number of hydrogen-bond acceptors (Lipinski definition) is 4. The Kier molecular flexibility index (Phi) is 6.82. The van der Waals surface area contributed by atoms with Crippen LogP contribution in [0.15, 0.2) is 78.4 Å². The van der Waals surface area contributed by atoms with Gasteiger partial charge in [-0.05, 0) is 60.0 Å². The Hall–Kier alpha value is -4.37. The quantitative estimate of drug-likeness (QED) is 0.428. The molecule has 3 aromatic rings. The third-order valence-corrected chi connectivity index (χ3v) is 4.53. The second kappa shape index (κ2) is 9.90. The zero-order valence-electron chi connectivity index (χ0n) is 16.8. The minimum Gasteiger partial charge on any atom is -0.489 e. The van der Waals surface area contributed by atoms with Crippen LogP contribution in [0.4, 0.5) is 5.69 Å². The summed E-state index contributed by atoms with van der Waals surface area (Å²) >= 11 is 0. The average molecular weight is 412 g/mol. The predicted octanol–water partition coefficient (Wildman–Crippen LogP) is 4.82. The van der Waals surface area contributed by atoms with Gasteiger partial charge in [-0.3, -0.25) is 4.79 Å². The Morgan fingerprint density at radius 1 is 1.06 bits per heavy atom. The Morgan fingerprint density at radius 3 is 2.48 bits per heavy atom. The first-order valence-electron chi connectivity index (χ1n) is 9.50. The van der Waals surface area contributed by atoms with Gasteiger partial charge in [0.1, 0.15) is 24.0 Å². The fraction of sp³-hybridized carbons (Fsp3) is 0.0800. The minimum absolute atomic E-state index is 0.0117. The number of para-hydroxylation sites is 1. The number of benzene rings is 3. The lowest BCUT2D eigenvalue weighted by Gasteiger charge is -2.08. The van der Waals surface area contributed by atoms with Gasteiger partial charge in [0.15, 0.2) is 0 Å². The molecule has 0 aliphatic carbocycles. The highest BCUT2D eigenvalue weighted by atomic mass is 16.5. The van der Waals surface area contributed by atoms with Crippen LogP contribution in [0, 0.1) is 18.3 Å². The summed E-state index contributed by atoms with van der Waals surface area (Å²) < 4.78 is 5.69. The van der Waals surface area contributed by atoms with Gasteiger partial charge >= 0.3 is 5.97 Å². The first-order chi connectivity index (χ1) is 15.0. The molecule has 0 saturated carbocycles. The Labute approximate surface area is 180 Å². The first kappa shape index (κ1) is 21.3. The zero-order valence-corrected chi connectivity index (χ0v) is 16.8. The molecule has 0 aromatic heterocycles. The maximum Gasteiger partial charge on any atom is 0.335 e. The molecule has 0 unspecified atom stereocenters. The van der Waals surface area contributed by atoms with Crippen LogP contribution >= 0.6 is 0 Å². The first-order valence-corrected chi connectivity index (χ1v) is 9.50. The van der Waals surface area contributed by atoms with Gasteiger partial charge in [-0.2, -0.15) is 5.26 Å². The number of hydrogen-bond donors (Lipinski definition) is 2. The van der Waals surface area contributed by atoms with E-state index < -0.39 is 11.9 Å².